The summed E-state index contributed by atoms with van der Waals surface area (Å²) in [5.41, 5.74) is 3.18. The van der Waals surface area contributed by atoms with Crippen LogP contribution in [0, 0.1) is 0 Å². The van der Waals surface area contributed by atoms with E-state index in [0.717, 1.165) is 55.5 Å². The number of rotatable bonds is 8. The smallest absolute Gasteiger partial charge is 0.258 e. The molecule has 0 bridgehead atoms. The van der Waals surface area contributed by atoms with Crippen LogP contribution in [-0.4, -0.2) is 63.6 Å². The fourth-order valence-corrected chi connectivity index (χ4v) is 5.54. The molecule has 5 rings (SSSR count). The number of imidazole rings is 1. The summed E-state index contributed by atoms with van der Waals surface area (Å²) in [6.45, 7) is 6.66. The van der Waals surface area contributed by atoms with Gasteiger partial charge in [0.15, 0.2) is 12.3 Å². The van der Waals surface area contributed by atoms with Crippen molar-refractivity contribution >= 4 is 34.4 Å². The van der Waals surface area contributed by atoms with E-state index in [1.807, 2.05) is 24.3 Å². The van der Waals surface area contributed by atoms with Crippen LogP contribution in [0.4, 0.5) is 5.69 Å². The number of hydrogen-bond acceptors (Lipinski definition) is 6. The van der Waals surface area contributed by atoms with Crippen molar-refractivity contribution in [1.82, 2.24) is 25.2 Å². The zero-order valence-electron chi connectivity index (χ0n) is 21.7. The maximum absolute atomic E-state index is 12.2. The van der Waals surface area contributed by atoms with Crippen LogP contribution in [0.2, 0.25) is 5.02 Å². The standard InChI is InChI=1S/C28H37ClN6O2/c1-18(2)35-14-12-21(13-15-35)32-25-23(29)16-30-28-26(25)33-27(34-28)19-8-10-22(11-9-19)37-17-24(36)31-20-6-4-3-5-7-20/h8-11,16,18,20-21H,3-7,12-15,17H2,1-2H3,(H,31,36)(H2,30,32,33,34). The quantitative estimate of drug-likeness (QED) is 0.365. The highest BCUT2D eigenvalue weighted by Crippen LogP contribution is 2.32. The summed E-state index contributed by atoms with van der Waals surface area (Å²) in [7, 11) is 0. The zero-order chi connectivity index (χ0) is 25.8. The molecule has 198 valence electrons. The van der Waals surface area contributed by atoms with Crippen molar-refractivity contribution in [2.75, 3.05) is 25.0 Å². The second kappa shape index (κ2) is 11.7. The summed E-state index contributed by atoms with van der Waals surface area (Å²) in [4.78, 5) is 27.4. The van der Waals surface area contributed by atoms with Gasteiger partial charge in [0, 0.05) is 36.8 Å². The lowest BCUT2D eigenvalue weighted by Crippen LogP contribution is -2.42. The zero-order valence-corrected chi connectivity index (χ0v) is 22.5. The molecule has 2 fully saturated rings. The number of pyridine rings is 1. The summed E-state index contributed by atoms with van der Waals surface area (Å²) in [5, 5.41) is 7.30. The van der Waals surface area contributed by atoms with E-state index in [4.69, 9.17) is 21.3 Å². The van der Waals surface area contributed by atoms with E-state index in [1.54, 1.807) is 6.20 Å². The van der Waals surface area contributed by atoms with E-state index in [1.165, 1.54) is 19.3 Å². The van der Waals surface area contributed by atoms with E-state index < -0.39 is 0 Å². The number of ether oxygens (including phenoxy) is 1. The van der Waals surface area contributed by atoms with Crippen LogP contribution in [-0.2, 0) is 4.79 Å². The van der Waals surface area contributed by atoms with E-state index >= 15 is 0 Å². The first-order chi connectivity index (χ1) is 18.0. The lowest BCUT2D eigenvalue weighted by Gasteiger charge is -2.35. The highest BCUT2D eigenvalue weighted by Gasteiger charge is 2.23. The number of benzene rings is 1. The van der Waals surface area contributed by atoms with Crippen molar-refractivity contribution in [3.8, 4) is 17.1 Å². The average Bonchev–Trinajstić information content (AvgIpc) is 3.35. The van der Waals surface area contributed by atoms with E-state index in [0.29, 0.717) is 34.3 Å². The second-order valence-corrected chi connectivity index (χ2v) is 10.9. The number of anilines is 1. The molecule has 0 atom stereocenters. The molecule has 0 unspecified atom stereocenters. The van der Waals surface area contributed by atoms with Gasteiger partial charge >= 0.3 is 0 Å². The molecule has 3 heterocycles. The number of likely N-dealkylation sites (tertiary alicyclic amines) is 1. The summed E-state index contributed by atoms with van der Waals surface area (Å²) < 4.78 is 5.71. The molecule has 2 aliphatic rings. The number of carbonyl (C=O) groups excluding carboxylic acids is 1. The molecule has 0 radical (unpaired) electrons. The molecule has 3 N–H and O–H groups in total. The molecule has 37 heavy (non-hydrogen) atoms. The predicted molar refractivity (Wildman–Crippen MR) is 148 cm³/mol. The molecule has 1 aliphatic heterocycles. The molecule has 1 aliphatic carbocycles. The molecule has 1 amide bonds. The van der Waals surface area contributed by atoms with Crippen molar-refractivity contribution in [2.45, 2.75) is 76.9 Å². The summed E-state index contributed by atoms with van der Waals surface area (Å²) >= 11 is 6.56. The summed E-state index contributed by atoms with van der Waals surface area (Å²) in [6, 6.07) is 8.79. The van der Waals surface area contributed by atoms with Crippen LogP contribution in [0.1, 0.15) is 58.8 Å². The number of aromatic amines is 1. The predicted octanol–water partition coefficient (Wildman–Crippen LogP) is 5.39. The molecular weight excluding hydrogens is 488 g/mol. The molecule has 2 aromatic heterocycles. The van der Waals surface area contributed by atoms with Crippen molar-refractivity contribution in [2.24, 2.45) is 0 Å². The molecule has 8 nitrogen and oxygen atoms in total. The number of piperidine rings is 1. The topological polar surface area (TPSA) is 95.2 Å². The van der Waals surface area contributed by atoms with Crippen molar-refractivity contribution in [1.29, 1.82) is 0 Å². The molecule has 1 aromatic carbocycles. The Morgan fingerprint density at radius 1 is 1.11 bits per heavy atom. The normalized spacial score (nSPS) is 17.8. The van der Waals surface area contributed by atoms with Gasteiger partial charge in [0.1, 0.15) is 17.1 Å². The number of halogens is 1. The van der Waals surface area contributed by atoms with Crippen LogP contribution in [0.5, 0.6) is 5.75 Å². The Hall–Kier alpha value is -2.84. The molecule has 9 heteroatoms. The van der Waals surface area contributed by atoms with Crippen LogP contribution < -0.4 is 15.4 Å². The van der Waals surface area contributed by atoms with Crippen LogP contribution in [0.3, 0.4) is 0 Å². The molecule has 0 spiro atoms. The third-order valence-electron chi connectivity index (χ3n) is 7.54. The van der Waals surface area contributed by atoms with Crippen LogP contribution in [0.25, 0.3) is 22.6 Å². The van der Waals surface area contributed by atoms with E-state index in [9.17, 15) is 4.79 Å². The first-order valence-corrected chi connectivity index (χ1v) is 13.9. The van der Waals surface area contributed by atoms with Gasteiger partial charge in [0.25, 0.3) is 5.91 Å². The molecule has 1 saturated carbocycles. The van der Waals surface area contributed by atoms with Gasteiger partial charge in [-0.3, -0.25) is 4.79 Å². The van der Waals surface area contributed by atoms with Crippen molar-refractivity contribution in [3.63, 3.8) is 0 Å². The van der Waals surface area contributed by atoms with Gasteiger partial charge in [-0.2, -0.15) is 0 Å². The Labute approximate surface area is 223 Å². The molecule has 1 saturated heterocycles. The van der Waals surface area contributed by atoms with Gasteiger partial charge in [-0.15, -0.1) is 0 Å². The minimum atomic E-state index is -0.0638. The highest BCUT2D eigenvalue weighted by molar-refractivity contribution is 6.34. The third-order valence-corrected chi connectivity index (χ3v) is 7.83. The van der Waals surface area contributed by atoms with Gasteiger partial charge in [-0.1, -0.05) is 30.9 Å². The van der Waals surface area contributed by atoms with Gasteiger partial charge in [0.05, 0.1) is 16.9 Å². The molecule has 3 aromatic rings. The SMILES string of the molecule is CC(C)N1CCC(Nc2c(Cl)cnc3[nH]c(-c4ccc(OCC(=O)NC5CCCCC5)cc4)nc23)CC1. The Bertz CT molecular complexity index is 1200. The monoisotopic (exact) mass is 524 g/mol. The first-order valence-electron chi connectivity index (χ1n) is 13.5. The Balaban J connectivity index is 1.22. The van der Waals surface area contributed by atoms with E-state index in [-0.39, 0.29) is 18.6 Å². The van der Waals surface area contributed by atoms with Gasteiger partial charge < -0.3 is 25.3 Å². The number of fused-ring (bicyclic) bond motifs is 1. The number of hydrogen-bond donors (Lipinski definition) is 3. The number of H-pyrrole nitrogens is 1. The number of aromatic nitrogens is 3. The highest BCUT2D eigenvalue weighted by atomic mass is 35.5. The fraction of sp³-hybridized carbons (Fsp3) is 0.536. The molecular formula is C28H37ClN6O2. The number of nitrogens with zero attached hydrogens (tertiary/aromatic N) is 3. The van der Waals surface area contributed by atoms with Gasteiger partial charge in [0.2, 0.25) is 0 Å². The minimum absolute atomic E-state index is 0.0219. The Morgan fingerprint density at radius 3 is 2.54 bits per heavy atom. The number of nitrogens with one attached hydrogen (secondary N) is 3. The van der Waals surface area contributed by atoms with E-state index in [2.05, 4.69) is 39.3 Å². The van der Waals surface area contributed by atoms with Crippen molar-refractivity contribution < 1.29 is 9.53 Å². The maximum Gasteiger partial charge on any atom is 0.258 e. The van der Waals surface area contributed by atoms with Crippen LogP contribution >= 0.6 is 11.6 Å². The fourth-order valence-electron chi connectivity index (χ4n) is 5.34. The van der Waals surface area contributed by atoms with Crippen LogP contribution in [0.15, 0.2) is 30.5 Å². The summed E-state index contributed by atoms with van der Waals surface area (Å²) in [6.07, 6.45) is 9.56. The lowest BCUT2D eigenvalue weighted by atomic mass is 9.95. The Morgan fingerprint density at radius 2 is 1.84 bits per heavy atom. The number of amides is 1. The number of carbonyl (C=O) groups is 1. The maximum atomic E-state index is 12.2. The minimum Gasteiger partial charge on any atom is -0.484 e. The van der Waals surface area contributed by atoms with Gasteiger partial charge in [-0.25, -0.2) is 9.97 Å². The largest absolute Gasteiger partial charge is 0.484 e. The second-order valence-electron chi connectivity index (χ2n) is 10.5. The Kier molecular flexibility index (Phi) is 8.15. The summed E-state index contributed by atoms with van der Waals surface area (Å²) in [5.74, 6) is 1.30. The van der Waals surface area contributed by atoms with Crippen molar-refractivity contribution in [3.05, 3.63) is 35.5 Å². The first kappa shape index (κ1) is 25.8. The lowest BCUT2D eigenvalue weighted by molar-refractivity contribution is -0.124. The van der Waals surface area contributed by atoms with Gasteiger partial charge in [-0.05, 0) is 63.8 Å². The third kappa shape index (κ3) is 6.36. The average molecular weight is 525 g/mol.